The van der Waals surface area contributed by atoms with E-state index in [0.717, 1.165) is 23.5 Å². The van der Waals surface area contributed by atoms with E-state index >= 15 is 0 Å². The van der Waals surface area contributed by atoms with Gasteiger partial charge in [-0.15, -0.1) is 5.10 Å². The summed E-state index contributed by atoms with van der Waals surface area (Å²) in [6, 6.07) is 3.64. The van der Waals surface area contributed by atoms with Crippen LogP contribution in [0, 0.1) is 6.92 Å². The lowest BCUT2D eigenvalue weighted by Crippen LogP contribution is -2.15. The summed E-state index contributed by atoms with van der Waals surface area (Å²) in [7, 11) is 0. The number of aromatic nitrogens is 3. The van der Waals surface area contributed by atoms with E-state index in [1.165, 1.54) is 0 Å². The fourth-order valence-corrected chi connectivity index (χ4v) is 2.09. The van der Waals surface area contributed by atoms with Crippen molar-refractivity contribution in [2.75, 3.05) is 6.54 Å². The van der Waals surface area contributed by atoms with Gasteiger partial charge in [-0.2, -0.15) is 0 Å². The number of nitrogens with one attached hydrogen (secondary N) is 1. The Bertz CT molecular complexity index is 551. The zero-order valence-corrected chi connectivity index (χ0v) is 11.8. The summed E-state index contributed by atoms with van der Waals surface area (Å²) in [5.41, 5.74) is 2.63. The fourth-order valence-electron chi connectivity index (χ4n) is 1.63. The van der Waals surface area contributed by atoms with Gasteiger partial charge >= 0.3 is 0 Å². The molecule has 1 heterocycles. The SMILES string of the molecule is CCNCc1cnnn1-c1cc(Cl)c(C)cc1Cl. The topological polar surface area (TPSA) is 42.7 Å². The Kier molecular flexibility index (Phi) is 4.22. The average Bonchev–Trinajstić information content (AvgIpc) is 2.79. The van der Waals surface area contributed by atoms with Gasteiger partial charge in [0.25, 0.3) is 0 Å². The molecule has 2 aromatic rings. The molecule has 0 unspecified atom stereocenters. The highest BCUT2D eigenvalue weighted by Gasteiger charge is 2.11. The summed E-state index contributed by atoms with van der Waals surface area (Å²) in [6.07, 6.45) is 1.72. The van der Waals surface area contributed by atoms with Crippen LogP contribution in [0.15, 0.2) is 18.3 Å². The number of rotatable bonds is 4. The van der Waals surface area contributed by atoms with Crippen LogP contribution in [0.3, 0.4) is 0 Å². The normalized spacial score (nSPS) is 10.9. The molecule has 1 N–H and O–H groups in total. The van der Waals surface area contributed by atoms with Crippen LogP contribution in [0.5, 0.6) is 0 Å². The quantitative estimate of drug-likeness (QED) is 0.939. The Balaban J connectivity index is 2.42. The van der Waals surface area contributed by atoms with Crippen LogP contribution in [-0.4, -0.2) is 21.5 Å². The molecule has 0 saturated carbocycles. The number of hydrogen-bond donors (Lipinski definition) is 1. The molecule has 0 amide bonds. The summed E-state index contributed by atoms with van der Waals surface area (Å²) in [5.74, 6) is 0. The second-order valence-corrected chi connectivity index (χ2v) is 4.78. The van der Waals surface area contributed by atoms with Crippen molar-refractivity contribution in [3.63, 3.8) is 0 Å². The van der Waals surface area contributed by atoms with Gasteiger partial charge in [0.2, 0.25) is 0 Å². The maximum absolute atomic E-state index is 6.23. The standard InChI is InChI=1S/C12H14Cl2N4/c1-3-15-6-9-7-16-17-18(9)12-5-10(13)8(2)4-11(12)14/h4-5,7,15H,3,6H2,1-2H3. The summed E-state index contributed by atoms with van der Waals surface area (Å²) >= 11 is 12.4. The van der Waals surface area contributed by atoms with E-state index in [1.807, 2.05) is 26.0 Å². The zero-order valence-electron chi connectivity index (χ0n) is 10.2. The molecule has 0 aliphatic carbocycles. The molecule has 0 bridgehead atoms. The molecule has 1 aromatic carbocycles. The maximum Gasteiger partial charge on any atom is 0.0868 e. The van der Waals surface area contributed by atoms with Gasteiger partial charge in [-0.25, -0.2) is 4.68 Å². The molecule has 0 saturated heterocycles. The first-order valence-electron chi connectivity index (χ1n) is 5.69. The van der Waals surface area contributed by atoms with Crippen molar-refractivity contribution in [2.45, 2.75) is 20.4 Å². The molecule has 0 atom stereocenters. The number of halogens is 2. The van der Waals surface area contributed by atoms with Crippen molar-refractivity contribution in [3.05, 3.63) is 39.6 Å². The van der Waals surface area contributed by atoms with Gasteiger partial charge in [0.05, 0.1) is 22.6 Å². The maximum atomic E-state index is 6.23. The molecule has 4 nitrogen and oxygen atoms in total. The van der Waals surface area contributed by atoms with Crippen LogP contribution in [0.1, 0.15) is 18.2 Å². The summed E-state index contributed by atoms with van der Waals surface area (Å²) in [6.45, 7) is 5.53. The summed E-state index contributed by atoms with van der Waals surface area (Å²) in [5, 5.41) is 12.5. The number of nitrogens with zero attached hydrogens (tertiary/aromatic N) is 3. The molecular weight excluding hydrogens is 271 g/mol. The zero-order chi connectivity index (χ0) is 13.1. The second-order valence-electron chi connectivity index (χ2n) is 3.97. The number of benzene rings is 1. The van der Waals surface area contributed by atoms with Gasteiger partial charge in [-0.1, -0.05) is 35.3 Å². The Morgan fingerprint density at radius 2 is 2.06 bits per heavy atom. The van der Waals surface area contributed by atoms with E-state index in [4.69, 9.17) is 23.2 Å². The van der Waals surface area contributed by atoms with Crippen LogP contribution in [-0.2, 0) is 6.54 Å². The molecule has 96 valence electrons. The summed E-state index contributed by atoms with van der Waals surface area (Å²) in [4.78, 5) is 0. The van der Waals surface area contributed by atoms with Crippen LogP contribution < -0.4 is 5.32 Å². The van der Waals surface area contributed by atoms with Gasteiger partial charge in [-0.05, 0) is 31.2 Å². The summed E-state index contributed by atoms with van der Waals surface area (Å²) < 4.78 is 1.70. The monoisotopic (exact) mass is 284 g/mol. The van der Waals surface area contributed by atoms with Crippen LogP contribution in [0.4, 0.5) is 0 Å². The molecule has 0 spiro atoms. The molecule has 0 aliphatic rings. The van der Waals surface area contributed by atoms with Gasteiger partial charge in [0.15, 0.2) is 0 Å². The smallest absolute Gasteiger partial charge is 0.0868 e. The predicted octanol–water partition coefficient (Wildman–Crippen LogP) is 2.99. The van der Waals surface area contributed by atoms with E-state index in [0.29, 0.717) is 16.6 Å². The first-order valence-corrected chi connectivity index (χ1v) is 6.45. The van der Waals surface area contributed by atoms with Crippen molar-refractivity contribution < 1.29 is 0 Å². The number of hydrogen-bond acceptors (Lipinski definition) is 3. The Labute approximate surface area is 116 Å². The van der Waals surface area contributed by atoms with Crippen molar-refractivity contribution in [1.82, 2.24) is 20.3 Å². The van der Waals surface area contributed by atoms with E-state index in [1.54, 1.807) is 10.9 Å². The first-order chi connectivity index (χ1) is 8.63. The largest absolute Gasteiger partial charge is 0.311 e. The molecular formula is C12H14Cl2N4. The van der Waals surface area contributed by atoms with Crippen LogP contribution in [0.25, 0.3) is 5.69 Å². The van der Waals surface area contributed by atoms with E-state index in [-0.39, 0.29) is 0 Å². The second kappa shape index (κ2) is 5.69. The van der Waals surface area contributed by atoms with E-state index in [9.17, 15) is 0 Å². The van der Waals surface area contributed by atoms with Gasteiger partial charge in [-0.3, -0.25) is 0 Å². The number of aryl methyl sites for hydroxylation is 1. The van der Waals surface area contributed by atoms with Crippen molar-refractivity contribution in [2.24, 2.45) is 0 Å². The molecule has 1 aromatic heterocycles. The van der Waals surface area contributed by atoms with Gasteiger partial charge in [0.1, 0.15) is 0 Å². The third kappa shape index (κ3) is 2.66. The molecule has 0 fully saturated rings. The lowest BCUT2D eigenvalue weighted by molar-refractivity contribution is 0.672. The first kappa shape index (κ1) is 13.3. The highest BCUT2D eigenvalue weighted by atomic mass is 35.5. The van der Waals surface area contributed by atoms with Crippen molar-refractivity contribution >= 4 is 23.2 Å². The van der Waals surface area contributed by atoms with Crippen molar-refractivity contribution in [3.8, 4) is 5.69 Å². The Morgan fingerprint density at radius 1 is 1.28 bits per heavy atom. The lowest BCUT2D eigenvalue weighted by Gasteiger charge is -2.10. The molecule has 2 rings (SSSR count). The third-order valence-electron chi connectivity index (χ3n) is 2.63. The third-order valence-corrected chi connectivity index (χ3v) is 3.34. The minimum absolute atomic E-state index is 0.611. The van der Waals surface area contributed by atoms with E-state index < -0.39 is 0 Å². The molecule has 6 heteroatoms. The van der Waals surface area contributed by atoms with Crippen molar-refractivity contribution in [1.29, 1.82) is 0 Å². The van der Waals surface area contributed by atoms with Crippen LogP contribution >= 0.6 is 23.2 Å². The van der Waals surface area contributed by atoms with Gasteiger partial charge in [0, 0.05) is 11.6 Å². The molecule has 0 aliphatic heterocycles. The fraction of sp³-hybridized carbons (Fsp3) is 0.333. The molecule has 0 radical (unpaired) electrons. The molecule has 18 heavy (non-hydrogen) atoms. The van der Waals surface area contributed by atoms with Gasteiger partial charge < -0.3 is 5.32 Å². The predicted molar refractivity (Wildman–Crippen MR) is 73.5 cm³/mol. The highest BCUT2D eigenvalue weighted by Crippen LogP contribution is 2.27. The Morgan fingerprint density at radius 3 is 2.78 bits per heavy atom. The Hall–Kier alpha value is -1.10. The lowest BCUT2D eigenvalue weighted by atomic mass is 10.2. The van der Waals surface area contributed by atoms with Crippen LogP contribution in [0.2, 0.25) is 10.0 Å². The van der Waals surface area contributed by atoms with E-state index in [2.05, 4.69) is 15.6 Å². The minimum atomic E-state index is 0.611. The average molecular weight is 285 g/mol. The minimum Gasteiger partial charge on any atom is -0.311 e. The highest BCUT2D eigenvalue weighted by molar-refractivity contribution is 6.35.